The minimum absolute atomic E-state index is 0.171. The first-order valence-electron chi connectivity index (χ1n) is 6.31. The third-order valence-electron chi connectivity index (χ3n) is 3.86. The predicted octanol–water partition coefficient (Wildman–Crippen LogP) is 3.97. The van der Waals surface area contributed by atoms with Gasteiger partial charge in [0.05, 0.1) is 0 Å². The molecule has 0 saturated heterocycles. The second-order valence-electron chi connectivity index (χ2n) is 4.96. The minimum atomic E-state index is 0.171. The Morgan fingerprint density at radius 1 is 0.789 bits per heavy atom. The molecular formula is C17H12O2. The van der Waals surface area contributed by atoms with E-state index in [9.17, 15) is 10.2 Å². The Bertz CT molecular complexity index is 860. The van der Waals surface area contributed by atoms with Gasteiger partial charge in [0.1, 0.15) is 11.5 Å². The van der Waals surface area contributed by atoms with E-state index in [1.165, 1.54) is 11.1 Å². The molecule has 1 aliphatic rings. The van der Waals surface area contributed by atoms with Crippen LogP contribution in [-0.4, -0.2) is 10.2 Å². The molecule has 0 atom stereocenters. The molecule has 0 fully saturated rings. The van der Waals surface area contributed by atoms with Crippen LogP contribution in [0.25, 0.3) is 27.6 Å². The summed E-state index contributed by atoms with van der Waals surface area (Å²) in [7, 11) is 0. The third-order valence-corrected chi connectivity index (χ3v) is 3.86. The lowest BCUT2D eigenvalue weighted by Gasteiger charge is -2.10. The number of benzene rings is 3. The maximum Gasteiger partial charge on any atom is 0.124 e. The molecule has 0 radical (unpaired) electrons. The summed E-state index contributed by atoms with van der Waals surface area (Å²) in [5.41, 5.74) is 2.49. The van der Waals surface area contributed by atoms with Crippen LogP contribution < -0.4 is 0 Å². The highest BCUT2D eigenvalue weighted by Gasteiger charge is 2.13. The molecule has 0 saturated carbocycles. The van der Waals surface area contributed by atoms with E-state index in [-0.39, 0.29) is 11.5 Å². The lowest BCUT2D eigenvalue weighted by Crippen LogP contribution is -1.87. The second kappa shape index (κ2) is 3.51. The standard InChI is InChI=1S/C17H12O2/c18-11-5-7-14-13-6-4-10-2-1-3-12(10)15(13)9-17(19)16(14)8-11/h1-2,4-9,18-19H,3H2. The second-order valence-corrected chi connectivity index (χ2v) is 4.96. The SMILES string of the molecule is Oc1ccc2c(c1)c(O)cc1c3c(ccc12)C=CC3. The number of aromatic hydroxyl groups is 2. The molecule has 92 valence electrons. The van der Waals surface area contributed by atoms with Crippen molar-refractivity contribution in [1.29, 1.82) is 0 Å². The molecule has 1 aliphatic carbocycles. The molecular weight excluding hydrogens is 236 g/mol. The minimum Gasteiger partial charge on any atom is -0.508 e. The van der Waals surface area contributed by atoms with Crippen molar-refractivity contribution in [2.24, 2.45) is 0 Å². The van der Waals surface area contributed by atoms with Gasteiger partial charge >= 0.3 is 0 Å². The van der Waals surface area contributed by atoms with Crippen LogP contribution in [-0.2, 0) is 6.42 Å². The highest BCUT2D eigenvalue weighted by atomic mass is 16.3. The van der Waals surface area contributed by atoms with Crippen molar-refractivity contribution < 1.29 is 10.2 Å². The molecule has 2 nitrogen and oxygen atoms in total. The van der Waals surface area contributed by atoms with Crippen LogP contribution >= 0.6 is 0 Å². The number of hydrogen-bond acceptors (Lipinski definition) is 2. The van der Waals surface area contributed by atoms with Gasteiger partial charge in [0.15, 0.2) is 0 Å². The van der Waals surface area contributed by atoms with Gasteiger partial charge in [-0.25, -0.2) is 0 Å². The zero-order chi connectivity index (χ0) is 13.0. The highest BCUT2D eigenvalue weighted by molar-refractivity contribution is 6.12. The molecule has 0 bridgehead atoms. The Kier molecular flexibility index (Phi) is 1.93. The molecule has 0 aliphatic heterocycles. The van der Waals surface area contributed by atoms with E-state index in [0.717, 1.165) is 22.6 Å². The molecule has 2 N–H and O–H groups in total. The van der Waals surface area contributed by atoms with E-state index in [2.05, 4.69) is 24.3 Å². The molecule has 0 aromatic heterocycles. The first kappa shape index (κ1) is 10.4. The lowest BCUT2D eigenvalue weighted by atomic mass is 9.95. The fourth-order valence-corrected chi connectivity index (χ4v) is 2.96. The molecule has 0 unspecified atom stereocenters. The fraction of sp³-hybridized carbons (Fsp3) is 0.0588. The van der Waals surface area contributed by atoms with Crippen LogP contribution in [0.2, 0.25) is 0 Å². The molecule has 0 spiro atoms. The van der Waals surface area contributed by atoms with Crippen LogP contribution in [0, 0.1) is 0 Å². The maximum absolute atomic E-state index is 10.2. The normalized spacial score (nSPS) is 13.3. The summed E-state index contributed by atoms with van der Waals surface area (Å²) in [4.78, 5) is 0. The molecule has 3 aromatic carbocycles. The molecule has 19 heavy (non-hydrogen) atoms. The average molecular weight is 248 g/mol. The van der Waals surface area contributed by atoms with E-state index >= 15 is 0 Å². The van der Waals surface area contributed by atoms with Crippen LogP contribution in [0.4, 0.5) is 0 Å². The Morgan fingerprint density at radius 3 is 2.47 bits per heavy atom. The van der Waals surface area contributed by atoms with Crippen molar-refractivity contribution in [2.45, 2.75) is 6.42 Å². The van der Waals surface area contributed by atoms with Crippen molar-refractivity contribution in [3.8, 4) is 11.5 Å². The average Bonchev–Trinajstić information content (AvgIpc) is 2.88. The van der Waals surface area contributed by atoms with E-state index in [0.29, 0.717) is 5.39 Å². The van der Waals surface area contributed by atoms with Crippen molar-refractivity contribution >= 4 is 27.6 Å². The molecule has 2 heteroatoms. The number of phenolic OH excluding ortho intramolecular Hbond substituents is 2. The number of fused-ring (bicyclic) bond motifs is 5. The van der Waals surface area contributed by atoms with Gasteiger partial charge in [0.2, 0.25) is 0 Å². The first-order chi connectivity index (χ1) is 9.24. The molecule has 0 heterocycles. The monoisotopic (exact) mass is 248 g/mol. The Hall–Kier alpha value is -2.48. The molecule has 0 amide bonds. The van der Waals surface area contributed by atoms with Gasteiger partial charge in [-0.05, 0) is 58.0 Å². The summed E-state index contributed by atoms with van der Waals surface area (Å²) >= 11 is 0. The Morgan fingerprint density at radius 2 is 1.58 bits per heavy atom. The number of phenols is 2. The van der Waals surface area contributed by atoms with E-state index in [1.807, 2.05) is 12.1 Å². The van der Waals surface area contributed by atoms with Gasteiger partial charge in [-0.15, -0.1) is 0 Å². The van der Waals surface area contributed by atoms with Crippen LogP contribution in [0.15, 0.2) is 42.5 Å². The van der Waals surface area contributed by atoms with Crippen molar-refractivity contribution in [3.63, 3.8) is 0 Å². The van der Waals surface area contributed by atoms with Gasteiger partial charge in [-0.3, -0.25) is 0 Å². The third kappa shape index (κ3) is 1.37. The Labute approximate surface area is 110 Å². The molecule has 4 rings (SSSR count). The predicted molar refractivity (Wildman–Crippen MR) is 77.5 cm³/mol. The van der Waals surface area contributed by atoms with Gasteiger partial charge in [0.25, 0.3) is 0 Å². The summed E-state index contributed by atoms with van der Waals surface area (Å²) in [6, 6.07) is 11.1. The largest absolute Gasteiger partial charge is 0.508 e. The number of hydrogen-bond donors (Lipinski definition) is 2. The lowest BCUT2D eigenvalue weighted by molar-refractivity contribution is 0.472. The summed E-state index contributed by atoms with van der Waals surface area (Å²) in [6.45, 7) is 0. The molecule has 3 aromatic rings. The van der Waals surface area contributed by atoms with E-state index in [1.54, 1.807) is 12.1 Å². The van der Waals surface area contributed by atoms with Crippen LogP contribution in [0.5, 0.6) is 11.5 Å². The van der Waals surface area contributed by atoms with Crippen molar-refractivity contribution in [3.05, 3.63) is 53.6 Å². The van der Waals surface area contributed by atoms with Gasteiger partial charge in [-0.2, -0.15) is 0 Å². The van der Waals surface area contributed by atoms with Crippen LogP contribution in [0.1, 0.15) is 11.1 Å². The van der Waals surface area contributed by atoms with Gasteiger partial charge in [0, 0.05) is 5.39 Å². The Balaban J connectivity index is 2.22. The van der Waals surface area contributed by atoms with E-state index in [4.69, 9.17) is 0 Å². The quantitative estimate of drug-likeness (QED) is 0.591. The van der Waals surface area contributed by atoms with Gasteiger partial charge in [-0.1, -0.05) is 24.3 Å². The summed E-state index contributed by atoms with van der Waals surface area (Å²) in [5.74, 6) is 0.392. The van der Waals surface area contributed by atoms with E-state index < -0.39 is 0 Å². The number of allylic oxidation sites excluding steroid dienone is 1. The smallest absolute Gasteiger partial charge is 0.124 e. The summed E-state index contributed by atoms with van der Waals surface area (Å²) < 4.78 is 0. The van der Waals surface area contributed by atoms with Crippen molar-refractivity contribution in [2.75, 3.05) is 0 Å². The number of rotatable bonds is 0. The van der Waals surface area contributed by atoms with Crippen molar-refractivity contribution in [1.82, 2.24) is 0 Å². The zero-order valence-corrected chi connectivity index (χ0v) is 10.2. The fourth-order valence-electron chi connectivity index (χ4n) is 2.96. The first-order valence-corrected chi connectivity index (χ1v) is 6.31. The maximum atomic E-state index is 10.2. The zero-order valence-electron chi connectivity index (χ0n) is 10.2. The topological polar surface area (TPSA) is 40.5 Å². The van der Waals surface area contributed by atoms with Gasteiger partial charge < -0.3 is 10.2 Å². The summed E-state index contributed by atoms with van der Waals surface area (Å²) in [6.07, 6.45) is 5.17. The highest BCUT2D eigenvalue weighted by Crippen LogP contribution is 2.38. The van der Waals surface area contributed by atoms with Crippen LogP contribution in [0.3, 0.4) is 0 Å². The summed E-state index contributed by atoms with van der Waals surface area (Å²) in [5, 5.41) is 23.6.